The van der Waals surface area contributed by atoms with E-state index in [0.717, 1.165) is 21.3 Å². The third kappa shape index (κ3) is 1.08. The van der Waals surface area contributed by atoms with Crippen LogP contribution in [0.25, 0.3) is 10.1 Å². The van der Waals surface area contributed by atoms with Crippen molar-refractivity contribution < 1.29 is 4.79 Å². The first kappa shape index (κ1) is 10.0. The molecule has 2 N–H and O–H groups in total. The van der Waals surface area contributed by atoms with E-state index in [1.807, 2.05) is 36.4 Å². The fourth-order valence-electron chi connectivity index (χ4n) is 2.89. The highest BCUT2D eigenvalue weighted by molar-refractivity contribution is 7.13. The van der Waals surface area contributed by atoms with Gasteiger partial charge in [0.15, 0.2) is 5.78 Å². The van der Waals surface area contributed by atoms with Crippen LogP contribution < -0.4 is 5.73 Å². The van der Waals surface area contributed by atoms with Crippen LogP contribution in [0, 0.1) is 5.92 Å². The molecule has 0 bridgehead atoms. The molecule has 18 heavy (non-hydrogen) atoms. The molecular formula is C14H10N2OS. The number of aromatic nitrogens is 1. The van der Waals surface area contributed by atoms with E-state index >= 15 is 0 Å². The zero-order valence-corrected chi connectivity index (χ0v) is 10.3. The molecule has 0 spiro atoms. The minimum atomic E-state index is -0.268. The molecule has 4 rings (SSSR count). The van der Waals surface area contributed by atoms with Gasteiger partial charge in [0.05, 0.1) is 16.3 Å². The minimum absolute atomic E-state index is 0.00569. The molecular weight excluding hydrogens is 244 g/mol. The standard InChI is InChI=1S/C14H10N2OS/c15-9-5-1-3-7-11(9)14(17)8-4-2-6-10-12(8)13(7)16-18-10/h1-7,11H,15H2. The van der Waals surface area contributed by atoms with Crippen molar-refractivity contribution in [3.63, 3.8) is 0 Å². The van der Waals surface area contributed by atoms with Gasteiger partial charge in [-0.2, -0.15) is 4.37 Å². The third-order valence-electron chi connectivity index (χ3n) is 3.71. The molecule has 0 saturated heterocycles. The number of carbonyl (C=O) groups excluding carboxylic acids is 1. The lowest BCUT2D eigenvalue weighted by Crippen LogP contribution is -2.32. The second-order valence-electron chi connectivity index (χ2n) is 4.67. The van der Waals surface area contributed by atoms with Gasteiger partial charge in [0, 0.05) is 22.6 Å². The molecule has 0 amide bonds. The Morgan fingerprint density at radius 2 is 2.22 bits per heavy atom. The Balaban J connectivity index is 2.10. The second-order valence-corrected chi connectivity index (χ2v) is 5.47. The van der Waals surface area contributed by atoms with Crippen LogP contribution in [0.15, 0.2) is 42.1 Å². The van der Waals surface area contributed by atoms with Crippen molar-refractivity contribution in [3.05, 3.63) is 53.4 Å². The molecule has 1 heterocycles. The summed E-state index contributed by atoms with van der Waals surface area (Å²) in [6, 6.07) is 5.81. The Morgan fingerprint density at radius 3 is 3.11 bits per heavy atom. The number of carbonyl (C=O) groups is 1. The maximum atomic E-state index is 12.6. The van der Waals surface area contributed by atoms with Crippen LogP contribution in [0.3, 0.4) is 0 Å². The Hall–Kier alpha value is -1.94. The molecule has 0 fully saturated rings. The van der Waals surface area contributed by atoms with E-state index in [9.17, 15) is 4.79 Å². The van der Waals surface area contributed by atoms with Crippen LogP contribution >= 0.6 is 11.5 Å². The van der Waals surface area contributed by atoms with Gasteiger partial charge < -0.3 is 5.73 Å². The number of Topliss-reactive ketones (excluding diaryl/α,β-unsaturated/α-hetero) is 1. The van der Waals surface area contributed by atoms with Crippen LogP contribution in [0.2, 0.25) is 0 Å². The summed E-state index contributed by atoms with van der Waals surface area (Å²) in [7, 11) is 0. The van der Waals surface area contributed by atoms with Gasteiger partial charge in [0.2, 0.25) is 0 Å². The number of nitrogens with two attached hydrogens (primary N) is 1. The number of ketones is 1. The van der Waals surface area contributed by atoms with Crippen LogP contribution in [0.5, 0.6) is 0 Å². The maximum Gasteiger partial charge on any atom is 0.173 e. The van der Waals surface area contributed by atoms with E-state index < -0.39 is 0 Å². The second kappa shape index (κ2) is 3.29. The van der Waals surface area contributed by atoms with Gasteiger partial charge in [-0.05, 0) is 23.7 Å². The quantitative estimate of drug-likeness (QED) is 0.786. The highest BCUT2D eigenvalue weighted by Gasteiger charge is 2.39. The molecule has 3 nitrogen and oxygen atoms in total. The van der Waals surface area contributed by atoms with Crippen molar-refractivity contribution in [2.45, 2.75) is 5.92 Å². The van der Waals surface area contributed by atoms with E-state index in [2.05, 4.69) is 4.37 Å². The summed E-state index contributed by atoms with van der Waals surface area (Å²) >= 11 is 1.46. The molecule has 0 radical (unpaired) electrons. The molecule has 0 aliphatic heterocycles. The van der Waals surface area contributed by atoms with Crippen molar-refractivity contribution in [2.24, 2.45) is 11.7 Å². The lowest BCUT2D eigenvalue weighted by Gasteiger charge is -2.29. The fraction of sp³-hybridized carbons (Fsp3) is 0.143. The van der Waals surface area contributed by atoms with E-state index in [1.54, 1.807) is 0 Å². The summed E-state index contributed by atoms with van der Waals surface area (Å²) in [4.78, 5) is 12.6. The van der Waals surface area contributed by atoms with E-state index in [4.69, 9.17) is 5.73 Å². The summed E-state index contributed by atoms with van der Waals surface area (Å²) in [6.45, 7) is 0. The average molecular weight is 254 g/mol. The number of hydrogen-bond donors (Lipinski definition) is 1. The minimum Gasteiger partial charge on any atom is -0.401 e. The largest absolute Gasteiger partial charge is 0.401 e. The summed E-state index contributed by atoms with van der Waals surface area (Å²) in [5.74, 6) is -0.141. The average Bonchev–Trinajstić information content (AvgIpc) is 2.80. The van der Waals surface area contributed by atoms with Crippen molar-refractivity contribution in [2.75, 3.05) is 0 Å². The maximum absolute atomic E-state index is 12.6. The van der Waals surface area contributed by atoms with E-state index in [0.29, 0.717) is 5.70 Å². The fourth-order valence-corrected chi connectivity index (χ4v) is 3.74. The van der Waals surface area contributed by atoms with Crippen LogP contribution in [0.4, 0.5) is 0 Å². The zero-order valence-electron chi connectivity index (χ0n) is 9.46. The van der Waals surface area contributed by atoms with Crippen molar-refractivity contribution in [1.29, 1.82) is 0 Å². The van der Waals surface area contributed by atoms with Gasteiger partial charge in [-0.15, -0.1) is 0 Å². The molecule has 1 aromatic heterocycles. The van der Waals surface area contributed by atoms with Gasteiger partial charge in [0.1, 0.15) is 0 Å². The third-order valence-corrected chi connectivity index (χ3v) is 4.54. The molecule has 0 saturated carbocycles. The van der Waals surface area contributed by atoms with Gasteiger partial charge in [-0.25, -0.2) is 0 Å². The predicted octanol–water partition coefficient (Wildman–Crippen LogP) is 2.60. The monoisotopic (exact) mass is 254 g/mol. The molecule has 2 aliphatic carbocycles. The first-order chi connectivity index (χ1) is 8.77. The predicted molar refractivity (Wildman–Crippen MR) is 71.6 cm³/mol. The van der Waals surface area contributed by atoms with E-state index in [1.165, 1.54) is 11.5 Å². The summed E-state index contributed by atoms with van der Waals surface area (Å²) in [5, 5.41) is 1.02. The molecule has 2 unspecified atom stereocenters. The number of rotatable bonds is 0. The SMILES string of the molecule is NC1=CC=CC2c3nsc4cccc(c34)C(=O)C12. The Morgan fingerprint density at radius 1 is 1.33 bits per heavy atom. The smallest absolute Gasteiger partial charge is 0.173 e. The van der Waals surface area contributed by atoms with Gasteiger partial charge >= 0.3 is 0 Å². The molecule has 4 heteroatoms. The zero-order chi connectivity index (χ0) is 12.3. The number of nitrogens with zero attached hydrogens (tertiary/aromatic N) is 1. The molecule has 2 aromatic rings. The summed E-state index contributed by atoms with van der Waals surface area (Å²) < 4.78 is 5.61. The number of benzene rings is 1. The van der Waals surface area contributed by atoms with E-state index in [-0.39, 0.29) is 17.6 Å². The molecule has 2 atom stereocenters. The number of hydrogen-bond acceptors (Lipinski definition) is 4. The van der Waals surface area contributed by atoms with Crippen molar-refractivity contribution in [1.82, 2.24) is 4.37 Å². The summed E-state index contributed by atoms with van der Waals surface area (Å²) in [5.41, 5.74) is 8.41. The van der Waals surface area contributed by atoms with Gasteiger partial charge in [0.25, 0.3) is 0 Å². The number of fused-ring (bicyclic) bond motifs is 2. The molecule has 1 aromatic carbocycles. The highest BCUT2D eigenvalue weighted by atomic mass is 32.1. The Bertz CT molecular complexity index is 741. The first-order valence-corrected chi connectivity index (χ1v) is 6.61. The van der Waals surface area contributed by atoms with Crippen LogP contribution in [0.1, 0.15) is 22.0 Å². The lowest BCUT2D eigenvalue weighted by molar-refractivity contribution is 0.0926. The molecule has 88 valence electrons. The first-order valence-electron chi connectivity index (χ1n) is 5.84. The van der Waals surface area contributed by atoms with Crippen molar-refractivity contribution in [3.8, 4) is 0 Å². The number of allylic oxidation sites excluding steroid dienone is 4. The molecule has 2 aliphatic rings. The lowest BCUT2D eigenvalue weighted by atomic mass is 9.73. The highest BCUT2D eigenvalue weighted by Crippen LogP contribution is 2.44. The van der Waals surface area contributed by atoms with Gasteiger partial charge in [-0.3, -0.25) is 4.79 Å². The van der Waals surface area contributed by atoms with Crippen LogP contribution in [-0.4, -0.2) is 10.2 Å². The summed E-state index contributed by atoms with van der Waals surface area (Å²) in [6.07, 6.45) is 5.77. The van der Waals surface area contributed by atoms with Crippen molar-refractivity contribution >= 4 is 27.4 Å². The Kier molecular flexibility index (Phi) is 1.84. The van der Waals surface area contributed by atoms with Gasteiger partial charge in [-0.1, -0.05) is 24.3 Å². The normalized spacial score (nSPS) is 25.1. The topological polar surface area (TPSA) is 56.0 Å². The Labute approximate surface area is 108 Å². The van der Waals surface area contributed by atoms with Crippen LogP contribution in [-0.2, 0) is 0 Å².